The predicted octanol–water partition coefficient (Wildman–Crippen LogP) is 0.467. The van der Waals surface area contributed by atoms with E-state index in [4.69, 9.17) is 53.8 Å². The van der Waals surface area contributed by atoms with E-state index in [1.165, 1.54) is 53.9 Å². The number of fused-ring (bicyclic) bond motifs is 16. The highest BCUT2D eigenvalue weighted by atomic mass is 32.1. The molecule has 0 saturated carbocycles. The highest BCUT2D eigenvalue weighted by Crippen LogP contribution is 2.45. The molecule has 2 fully saturated rings. The summed E-state index contributed by atoms with van der Waals surface area (Å²) in [5.41, 5.74) is 2.81. The second-order valence-corrected chi connectivity index (χ2v) is 30.7. The van der Waals surface area contributed by atoms with Crippen LogP contribution in [-0.4, -0.2) is 242 Å². The van der Waals surface area contributed by atoms with Crippen LogP contribution in [0.2, 0.25) is 0 Å². The van der Waals surface area contributed by atoms with Gasteiger partial charge in [-0.2, -0.15) is 0 Å². The van der Waals surface area contributed by atoms with Crippen molar-refractivity contribution in [3.05, 3.63) is 124 Å². The summed E-state index contributed by atoms with van der Waals surface area (Å²) >= 11 is 4.41. The molecule has 0 aliphatic carbocycles. The van der Waals surface area contributed by atoms with Crippen LogP contribution in [0.5, 0.6) is 5.75 Å². The number of esters is 2. The van der Waals surface area contributed by atoms with Crippen LogP contribution in [0.3, 0.4) is 0 Å². The smallest absolute Gasteiger partial charge is 0.355 e. The lowest BCUT2D eigenvalue weighted by Gasteiger charge is -2.45. The molecule has 16 N–H and O–H groups in total. The second kappa shape index (κ2) is 32.3. The third-order valence-electron chi connectivity index (χ3n) is 18.8. The Bertz CT molecular complexity index is 5050. The van der Waals surface area contributed by atoms with Crippen LogP contribution < -0.4 is 37.6 Å². The van der Waals surface area contributed by atoms with Crippen molar-refractivity contribution < 1.29 is 112 Å². The monoisotopic (exact) mass is 1630 g/mol. The molecule has 2 saturated heterocycles. The largest absolute Gasteiger partial charge is 0.506 e. The highest BCUT2D eigenvalue weighted by Gasteiger charge is 2.59. The Balaban J connectivity index is 0.926. The van der Waals surface area contributed by atoms with Gasteiger partial charge in [0.2, 0.25) is 5.91 Å². The minimum Gasteiger partial charge on any atom is -0.506 e. The lowest BCUT2D eigenvalue weighted by molar-refractivity contribution is -0.269. The lowest BCUT2D eigenvalue weighted by Crippen LogP contribution is -2.59. The number of rotatable bonds is 15. The average molecular weight is 1630 g/mol. The van der Waals surface area contributed by atoms with Gasteiger partial charge < -0.3 is 112 Å². The molecule has 15 atom stereocenters. The van der Waals surface area contributed by atoms with Crippen molar-refractivity contribution in [3.63, 3.8) is 0 Å². The van der Waals surface area contributed by atoms with Gasteiger partial charge in [-0.1, -0.05) is 18.7 Å². The van der Waals surface area contributed by atoms with Crippen LogP contribution in [0, 0.1) is 0 Å². The number of primary amides is 1. The summed E-state index contributed by atoms with van der Waals surface area (Å²) in [5.74, 6) is -9.10. The maximum Gasteiger partial charge on any atom is 0.355 e. The molecular weight excluding hydrogens is 1560 g/mol. The number of aliphatic hydroxyl groups excluding tert-OH is 6. The second-order valence-electron chi connectivity index (χ2n) is 26.4. The van der Waals surface area contributed by atoms with Gasteiger partial charge in [0.15, 0.2) is 18.6 Å². The van der Waals surface area contributed by atoms with Gasteiger partial charge in [-0.15, -0.1) is 56.7 Å². The van der Waals surface area contributed by atoms with Crippen molar-refractivity contribution in [1.82, 2.24) is 71.7 Å². The van der Waals surface area contributed by atoms with Gasteiger partial charge in [0.25, 0.3) is 35.4 Å². The van der Waals surface area contributed by atoms with Gasteiger partial charge >= 0.3 is 11.9 Å². The van der Waals surface area contributed by atoms with Crippen molar-refractivity contribution in [2.75, 3.05) is 33.9 Å². The number of benzene rings is 1. The first-order valence-electron chi connectivity index (χ1n) is 33.8. The first-order chi connectivity index (χ1) is 52.9. The first kappa shape index (κ1) is 79.0. The fourth-order valence-electron chi connectivity index (χ4n) is 13.2. The maximum atomic E-state index is 15.4. The van der Waals surface area contributed by atoms with Crippen molar-refractivity contribution in [2.45, 2.75) is 138 Å². The molecule has 7 amide bonds. The molecule has 12 bridgehead atoms. The van der Waals surface area contributed by atoms with Crippen molar-refractivity contribution in [1.29, 1.82) is 0 Å². The molecule has 38 nitrogen and oxygen atoms in total. The van der Waals surface area contributed by atoms with Crippen LogP contribution in [0.25, 0.3) is 49.3 Å². The zero-order valence-electron chi connectivity index (χ0n) is 59.1. The third kappa shape index (κ3) is 16.0. The number of nitrogens with two attached hydrogens (primary N) is 1. The molecule has 5 aliphatic rings. The number of aliphatic hydroxyl groups is 6. The predicted molar refractivity (Wildman–Crippen MR) is 390 cm³/mol. The van der Waals surface area contributed by atoms with Crippen molar-refractivity contribution in [3.8, 4) is 38.4 Å². The molecule has 0 radical (unpaired) electrons. The highest BCUT2D eigenvalue weighted by molar-refractivity contribution is 7.14. The van der Waals surface area contributed by atoms with E-state index in [9.17, 15) is 59.7 Å². The zero-order valence-corrected chi connectivity index (χ0v) is 63.2. The number of methoxy groups -OCH3 is 1. The molecule has 0 spiro atoms. The fraction of sp³-hybridized carbons (Fsp3) is 0.397. The minimum atomic E-state index is -2.00. The Morgan fingerprint density at radius 3 is 2.22 bits per heavy atom. The lowest BCUT2D eigenvalue weighted by atomic mass is 9.86. The maximum absolute atomic E-state index is 15.4. The number of nitrogens with zero attached hydrogens (tertiary/aromatic N) is 7. The molecule has 111 heavy (non-hydrogen) atoms. The van der Waals surface area contributed by atoms with E-state index in [-0.39, 0.29) is 99.6 Å². The number of pyridine rings is 1. The number of likely N-dealkylation sites (N-methyl/N-ethyl adjacent to an activating group) is 1. The number of aromatic hydroxyl groups is 1. The van der Waals surface area contributed by atoms with Crippen LogP contribution >= 0.6 is 56.7 Å². The molecule has 5 aliphatic heterocycles. The molecule has 43 heteroatoms. The normalized spacial score (nSPS) is 25.0. The minimum absolute atomic E-state index is 0.0209. The van der Waals surface area contributed by atoms with Crippen molar-refractivity contribution >= 4 is 127 Å². The Labute approximate surface area is 647 Å². The van der Waals surface area contributed by atoms with Gasteiger partial charge in [0, 0.05) is 61.9 Å². The summed E-state index contributed by atoms with van der Waals surface area (Å²) in [7, 11) is 2.85. The summed E-state index contributed by atoms with van der Waals surface area (Å²) in [6, 6.07) is 0.688. The number of aromatic amines is 1. The van der Waals surface area contributed by atoms with E-state index in [2.05, 4.69) is 58.4 Å². The summed E-state index contributed by atoms with van der Waals surface area (Å²) in [5, 5.41) is 96.5. The molecule has 12 heterocycles. The Morgan fingerprint density at radius 1 is 0.820 bits per heavy atom. The number of allylic oxidation sites excluding steroid dienone is 1. The molecule has 8 aromatic rings. The van der Waals surface area contributed by atoms with E-state index in [0.717, 1.165) is 56.7 Å². The number of hydrogen-bond acceptors (Lipinski definition) is 35. The molecule has 2 unspecified atom stereocenters. The number of aromatic nitrogens is 7. The SMILES string of the molecule is C=C(NC(=O)c1csc(-c2nc3c(cc2O)-c2nc(cs2)C(=O)N[C@@H]([C@@H](C)O)C(=O)N/C(=C(\C)OC)c2nc(cs2)C(=O)N[C@@H]2c4nc(cs4)C(=O)N[C@@H](COC(=O)c4[nH]c5cccc6c5c4COC2[C@H](O[C@H]2C[C@]4(C)OC(C(=O)NC[C@H](O)[C@@H](O)[C@H](O)[C@H](O)CO)N(C)[C@@H]4[C@H](C)O2)C(=O)OC6)c2nc-3cs2)n1)C(N)=O. The quantitative estimate of drug-likeness (QED) is 0.0377. The average Bonchev–Trinajstić information content (AvgIpc) is 1.61. The van der Waals surface area contributed by atoms with E-state index < -0.39 is 189 Å². The number of cyclic esters (lactones) is 2. The first-order valence-corrected chi connectivity index (χ1v) is 38.2. The summed E-state index contributed by atoms with van der Waals surface area (Å²) < 4.78 is 44.8. The number of H-pyrrole nitrogens is 1. The summed E-state index contributed by atoms with van der Waals surface area (Å²) in [6.07, 6.45) is -17.0. The van der Waals surface area contributed by atoms with Gasteiger partial charge in [0.05, 0.1) is 56.0 Å². The number of nitrogens with one attached hydrogen (secondary N) is 7. The molecule has 7 aromatic heterocycles. The zero-order chi connectivity index (χ0) is 79.3. The third-order valence-corrected chi connectivity index (χ3v) is 23.3. The standard InChI is InChI=1S/C68H71N15O23S5/c1-23(53(69)91)71-54(92)33-20-110-63(77-33)46-37(86)11-28-44(79-46)32-18-108-61(74-32)31-17-103-66(98)45-29-16-101-50(47(64-78-34(21-111-64)55(93)73-31)82-57(95)36-22-109-62(76-36)43(25(3)100-7)81-58(96)42(24(2)85)80-56(94)35-19-107-60(28)75-35)51(67(99)102-15-27-9-8-10-30(72-45)41(27)29)105-40-12-68(5)52(26(4)104-40)83(6)65(106-68)59(97)70-13-38(87)48(89)49(90)39(88)14-84/h8-11,18-22,24,26,31,38-40,42,47-52,65,72,84-90H,1,12-17H2,2-7H3,(H2,69,91)(H,70,97)(H,71,92)(H,73,93)(H,80,94)(H,81,96)(H,82,95)/b43-25+/t24-,26+,31+,38+,39-,40+,42+,47+,48-,49-,50?,51+,52-,65?,68+/m1/s1. The van der Waals surface area contributed by atoms with Crippen LogP contribution in [0.4, 0.5) is 0 Å². The summed E-state index contributed by atoms with van der Waals surface area (Å²) in [6.45, 7) is 6.21. The van der Waals surface area contributed by atoms with Crippen LogP contribution in [0.15, 0.2) is 69.2 Å². The number of amides is 7. The Kier molecular flexibility index (Phi) is 23.0. The Hall–Kier alpha value is -10.1. The number of hydrogen-bond donors (Lipinski definition) is 15. The van der Waals surface area contributed by atoms with E-state index in [1.54, 1.807) is 44.0 Å². The van der Waals surface area contributed by atoms with E-state index in [1.807, 2.05) is 0 Å². The van der Waals surface area contributed by atoms with Gasteiger partial charge in [0.1, 0.15) is 144 Å². The van der Waals surface area contributed by atoms with Gasteiger partial charge in [-0.25, -0.2) is 39.5 Å². The number of carbonyl (C=O) groups excluding carboxylic acids is 9. The van der Waals surface area contributed by atoms with Crippen molar-refractivity contribution in [2.24, 2.45) is 5.73 Å². The number of thiazole rings is 5. The van der Waals surface area contributed by atoms with E-state index in [0.29, 0.717) is 16.5 Å². The van der Waals surface area contributed by atoms with Gasteiger partial charge in [-0.05, 0) is 52.4 Å². The molecule has 586 valence electrons. The summed E-state index contributed by atoms with van der Waals surface area (Å²) in [4.78, 5) is 162. The van der Waals surface area contributed by atoms with Crippen LogP contribution in [-0.2, 0) is 65.5 Å². The Morgan fingerprint density at radius 2 is 1.49 bits per heavy atom. The topological polar surface area (TPSA) is 554 Å². The van der Waals surface area contributed by atoms with Gasteiger partial charge in [-0.3, -0.25) is 38.5 Å². The number of carbonyl (C=O) groups is 9. The molecule has 1 aromatic carbocycles. The van der Waals surface area contributed by atoms with Crippen LogP contribution in [0.1, 0.15) is 125 Å². The van der Waals surface area contributed by atoms with E-state index >= 15 is 19.2 Å². The number of ether oxygens (including phenoxy) is 7. The molecular formula is C68H71N15O23S5. The molecule has 13 rings (SSSR count). The fourth-order valence-corrected chi connectivity index (χ4v) is 17.4.